The molecule has 0 amide bonds. The van der Waals surface area contributed by atoms with E-state index in [1.165, 1.54) is 25.7 Å². The lowest BCUT2D eigenvalue weighted by atomic mass is 9.46. The van der Waals surface area contributed by atoms with Crippen LogP contribution in [0.15, 0.2) is 24.3 Å². The number of esters is 1. The topological polar surface area (TPSA) is 63.6 Å². The molecule has 2 fully saturated rings. The smallest absolute Gasteiger partial charge is 0.309 e. The molecule has 4 nitrogen and oxygen atoms in total. The summed E-state index contributed by atoms with van der Waals surface area (Å²) in [5.74, 6) is -0.230. The number of fused-ring (bicyclic) bond motifs is 3. The molecule has 1 N–H and O–H groups in total. The van der Waals surface area contributed by atoms with Gasteiger partial charge < -0.3 is 9.84 Å². The summed E-state index contributed by atoms with van der Waals surface area (Å²) in [4.78, 5) is 23.8. The highest BCUT2D eigenvalue weighted by molar-refractivity contribution is 5.81. The van der Waals surface area contributed by atoms with E-state index in [-0.39, 0.29) is 22.7 Å². The van der Waals surface area contributed by atoms with Crippen molar-refractivity contribution in [2.24, 2.45) is 33.5 Å². The molecule has 3 aliphatic rings. The van der Waals surface area contributed by atoms with Crippen LogP contribution in [0.3, 0.4) is 0 Å². The van der Waals surface area contributed by atoms with Gasteiger partial charge in [-0.3, -0.25) is 9.59 Å². The fourth-order valence-corrected chi connectivity index (χ4v) is 6.65. The minimum absolute atomic E-state index is 0.0545. The molecule has 5 atom stereocenters. The number of hydrogen-bond donors (Lipinski definition) is 1. The minimum atomic E-state index is -1.10. The van der Waals surface area contributed by atoms with E-state index in [4.69, 9.17) is 4.74 Å². The van der Waals surface area contributed by atoms with Gasteiger partial charge in [0.2, 0.25) is 0 Å². The van der Waals surface area contributed by atoms with E-state index >= 15 is 0 Å². The predicted octanol–water partition coefficient (Wildman–Crippen LogP) is 6.17. The minimum Gasteiger partial charge on any atom is -0.481 e. The summed E-state index contributed by atoms with van der Waals surface area (Å²) in [5, 5.41) is 9.29. The maximum atomic E-state index is 12.4. The summed E-state index contributed by atoms with van der Waals surface area (Å²) < 4.78 is 5.72. The van der Waals surface area contributed by atoms with Crippen LogP contribution in [0.25, 0.3) is 0 Å². The van der Waals surface area contributed by atoms with Crippen LogP contribution in [-0.4, -0.2) is 23.7 Å². The van der Waals surface area contributed by atoms with Crippen LogP contribution in [0.5, 0.6) is 0 Å². The molecule has 0 saturated heterocycles. The summed E-state index contributed by atoms with van der Waals surface area (Å²) in [5.41, 5.74) is 0.873. The van der Waals surface area contributed by atoms with Crippen LogP contribution in [0.2, 0.25) is 0 Å². The first-order valence-electron chi connectivity index (χ1n) is 11.6. The van der Waals surface area contributed by atoms with Crippen molar-refractivity contribution in [1.82, 2.24) is 0 Å². The molecule has 0 aromatic rings. The first-order chi connectivity index (χ1) is 13.9. The van der Waals surface area contributed by atoms with Crippen LogP contribution in [0.1, 0.15) is 86.0 Å². The molecule has 168 valence electrons. The summed E-state index contributed by atoms with van der Waals surface area (Å²) in [6.45, 7) is 14.7. The second kappa shape index (κ2) is 7.84. The van der Waals surface area contributed by atoms with Gasteiger partial charge in [-0.05, 0) is 75.0 Å². The molecule has 3 rings (SSSR count). The Morgan fingerprint density at radius 3 is 2.60 bits per heavy atom. The molecule has 0 bridgehead atoms. The van der Waals surface area contributed by atoms with Crippen LogP contribution in [-0.2, 0) is 14.3 Å². The van der Waals surface area contributed by atoms with Gasteiger partial charge in [0.25, 0.3) is 0 Å². The van der Waals surface area contributed by atoms with Gasteiger partial charge in [0.05, 0.1) is 18.4 Å². The number of allylic oxidation sites excluding steroid dienone is 3. The first kappa shape index (κ1) is 23.1. The first-order valence-corrected chi connectivity index (χ1v) is 11.6. The second-order valence-corrected chi connectivity index (χ2v) is 11.7. The molecular formula is C26H40O4. The number of ether oxygens (including phenoxy) is 1. The van der Waals surface area contributed by atoms with Crippen molar-refractivity contribution in [2.45, 2.75) is 86.0 Å². The number of carboxylic acid groups (broad SMARTS) is 1. The normalized spacial score (nSPS) is 38.6. The molecule has 4 heteroatoms. The average molecular weight is 417 g/mol. The van der Waals surface area contributed by atoms with Gasteiger partial charge in [0, 0.05) is 5.41 Å². The zero-order valence-electron chi connectivity index (χ0n) is 19.6. The lowest BCUT2D eigenvalue weighted by molar-refractivity contribution is -0.161. The van der Waals surface area contributed by atoms with Gasteiger partial charge in [0.1, 0.15) is 0 Å². The quantitative estimate of drug-likeness (QED) is 0.416. The Morgan fingerprint density at radius 1 is 1.27 bits per heavy atom. The Kier molecular flexibility index (Phi) is 6.03. The Labute approximate surface area is 182 Å². The van der Waals surface area contributed by atoms with Gasteiger partial charge in [-0.2, -0.15) is 0 Å². The molecule has 3 aliphatic carbocycles. The van der Waals surface area contributed by atoms with Gasteiger partial charge in [-0.15, -0.1) is 6.58 Å². The molecule has 5 unspecified atom stereocenters. The van der Waals surface area contributed by atoms with E-state index < -0.39 is 17.4 Å². The molecule has 2 saturated carbocycles. The number of carboxylic acids is 1. The zero-order chi connectivity index (χ0) is 22.4. The van der Waals surface area contributed by atoms with E-state index in [1.54, 1.807) is 19.4 Å². The van der Waals surface area contributed by atoms with Crippen molar-refractivity contribution in [3.05, 3.63) is 24.3 Å². The molecular weight excluding hydrogens is 376 g/mol. The zero-order valence-corrected chi connectivity index (χ0v) is 19.6. The van der Waals surface area contributed by atoms with Crippen LogP contribution in [0, 0.1) is 33.5 Å². The molecule has 0 aliphatic heterocycles. The number of aliphatic carboxylic acids is 1. The Bertz CT molecular complexity index is 750. The van der Waals surface area contributed by atoms with E-state index in [0.717, 1.165) is 19.3 Å². The highest BCUT2D eigenvalue weighted by Gasteiger charge is 2.55. The lowest BCUT2D eigenvalue weighted by Gasteiger charge is -2.59. The van der Waals surface area contributed by atoms with E-state index in [9.17, 15) is 14.7 Å². The SMILES string of the molecule is C=CC1(C)CC=C2C(CCC3C(C)(COC(=O)CC(C)(C)C(=O)O)CCCC23C)C1. The van der Waals surface area contributed by atoms with Crippen molar-refractivity contribution >= 4 is 11.9 Å². The Hall–Kier alpha value is -1.58. The summed E-state index contributed by atoms with van der Waals surface area (Å²) in [6, 6.07) is 0. The predicted molar refractivity (Wildman–Crippen MR) is 119 cm³/mol. The molecule has 0 heterocycles. The van der Waals surface area contributed by atoms with Crippen molar-refractivity contribution in [3.63, 3.8) is 0 Å². The summed E-state index contributed by atoms with van der Waals surface area (Å²) in [7, 11) is 0. The van der Waals surface area contributed by atoms with Crippen LogP contribution in [0.4, 0.5) is 0 Å². The third kappa shape index (κ3) is 4.11. The third-order valence-electron chi connectivity index (χ3n) is 8.68. The highest BCUT2D eigenvalue weighted by atomic mass is 16.5. The maximum Gasteiger partial charge on any atom is 0.309 e. The Balaban J connectivity index is 1.75. The molecule has 0 radical (unpaired) electrons. The van der Waals surface area contributed by atoms with Gasteiger partial charge in [0.15, 0.2) is 0 Å². The maximum absolute atomic E-state index is 12.4. The van der Waals surface area contributed by atoms with E-state index in [0.29, 0.717) is 18.4 Å². The summed E-state index contributed by atoms with van der Waals surface area (Å²) >= 11 is 0. The van der Waals surface area contributed by atoms with Crippen LogP contribution < -0.4 is 0 Å². The molecule has 0 aromatic carbocycles. The van der Waals surface area contributed by atoms with Crippen molar-refractivity contribution in [2.75, 3.05) is 6.61 Å². The van der Waals surface area contributed by atoms with E-state index in [1.807, 2.05) is 0 Å². The number of rotatable bonds is 6. The van der Waals surface area contributed by atoms with Gasteiger partial charge >= 0.3 is 11.9 Å². The van der Waals surface area contributed by atoms with Crippen molar-refractivity contribution in [3.8, 4) is 0 Å². The molecule has 0 spiro atoms. The Morgan fingerprint density at radius 2 is 1.97 bits per heavy atom. The summed E-state index contributed by atoms with van der Waals surface area (Å²) in [6.07, 6.45) is 12.6. The highest BCUT2D eigenvalue weighted by Crippen LogP contribution is 2.63. The monoisotopic (exact) mass is 416 g/mol. The fraction of sp³-hybridized carbons (Fsp3) is 0.769. The molecule has 0 aromatic heterocycles. The standard InChI is InChI=1S/C26H40O4/c1-7-24(4)14-11-19-18(15-24)9-10-20-25(5,12-8-13-26(19,20)6)17-30-21(27)16-23(2,3)22(28)29/h7,11,18,20H,1,8-10,12-17H2,2-6H3,(H,28,29). The number of carbonyl (C=O) groups is 2. The van der Waals surface area contributed by atoms with Crippen LogP contribution >= 0.6 is 0 Å². The third-order valence-corrected chi connectivity index (χ3v) is 8.68. The molecule has 30 heavy (non-hydrogen) atoms. The largest absolute Gasteiger partial charge is 0.481 e. The number of hydrogen-bond acceptors (Lipinski definition) is 3. The van der Waals surface area contributed by atoms with Gasteiger partial charge in [-0.25, -0.2) is 0 Å². The number of carbonyl (C=O) groups excluding carboxylic acids is 1. The second-order valence-electron chi connectivity index (χ2n) is 11.7. The average Bonchev–Trinajstić information content (AvgIpc) is 2.65. The lowest BCUT2D eigenvalue weighted by Crippen LogP contribution is -2.51. The van der Waals surface area contributed by atoms with Crippen molar-refractivity contribution < 1.29 is 19.4 Å². The van der Waals surface area contributed by atoms with E-state index in [2.05, 4.69) is 39.5 Å². The van der Waals surface area contributed by atoms with Gasteiger partial charge in [-0.1, -0.05) is 44.9 Å². The fourth-order valence-electron chi connectivity index (χ4n) is 6.65. The van der Waals surface area contributed by atoms with Crippen molar-refractivity contribution in [1.29, 1.82) is 0 Å².